The van der Waals surface area contributed by atoms with Crippen LogP contribution in [0.4, 0.5) is 0 Å². The van der Waals surface area contributed by atoms with Gasteiger partial charge in [0.2, 0.25) is 6.33 Å². The lowest BCUT2D eigenvalue weighted by Crippen LogP contribution is -2.24. The molecule has 0 aliphatic rings. The highest BCUT2D eigenvalue weighted by Gasteiger charge is 2.01. The molecule has 3 heteroatoms. The average molecular weight is 183 g/mol. The van der Waals surface area contributed by atoms with Crippen molar-refractivity contribution in [3.8, 4) is 11.8 Å². The molecule has 0 amide bonds. The Labute approximate surface area is 82.5 Å². The van der Waals surface area contributed by atoms with Crippen LogP contribution in [0, 0.1) is 17.7 Å². The summed E-state index contributed by atoms with van der Waals surface area (Å²) in [6, 6.07) is 9.61. The van der Waals surface area contributed by atoms with Crippen LogP contribution in [0.1, 0.15) is 5.56 Å². The lowest BCUT2D eigenvalue weighted by molar-refractivity contribution is -0.674. The first-order valence-corrected chi connectivity index (χ1v) is 4.27. The van der Waals surface area contributed by atoms with E-state index in [0.717, 1.165) is 5.69 Å². The van der Waals surface area contributed by atoms with Crippen LogP contribution in [0.15, 0.2) is 36.7 Å². The van der Waals surface area contributed by atoms with E-state index in [9.17, 15) is 0 Å². The molecule has 1 aromatic heterocycles. The molecule has 0 aliphatic heterocycles. The summed E-state index contributed by atoms with van der Waals surface area (Å²) in [5, 5.41) is 8.90. The molecule has 2 rings (SSSR count). The zero-order chi connectivity index (χ0) is 9.97. The summed E-state index contributed by atoms with van der Waals surface area (Å²) in [4.78, 5) is 0. The number of nitrogens with zero attached hydrogens (tertiary/aromatic N) is 3. The van der Waals surface area contributed by atoms with Crippen molar-refractivity contribution in [2.45, 2.75) is 0 Å². The first kappa shape index (κ1) is 8.52. The van der Waals surface area contributed by atoms with Gasteiger partial charge in [0.1, 0.15) is 0 Å². The van der Waals surface area contributed by atoms with Crippen molar-refractivity contribution in [3.05, 3.63) is 48.5 Å². The second kappa shape index (κ2) is 3.35. The van der Waals surface area contributed by atoms with Gasteiger partial charge in [0, 0.05) is 12.4 Å². The van der Waals surface area contributed by atoms with Crippen LogP contribution in [0.25, 0.3) is 5.69 Å². The SMILES string of the molecule is C[n+]1[c-]n(-c2ccccc2C#N)cc1. The van der Waals surface area contributed by atoms with Crippen molar-refractivity contribution < 1.29 is 4.57 Å². The molecule has 0 aliphatic carbocycles. The molecule has 0 spiro atoms. The Balaban J connectivity index is 2.57. The molecule has 0 saturated carbocycles. The molecule has 3 nitrogen and oxygen atoms in total. The first-order chi connectivity index (χ1) is 6.81. The number of hydrogen-bond donors (Lipinski definition) is 0. The summed E-state index contributed by atoms with van der Waals surface area (Å²) < 4.78 is 3.62. The molecular formula is C11H9N3. The van der Waals surface area contributed by atoms with E-state index in [1.807, 2.05) is 42.2 Å². The van der Waals surface area contributed by atoms with Gasteiger partial charge in [-0.1, -0.05) is 18.2 Å². The maximum atomic E-state index is 8.90. The number of hydrogen-bond acceptors (Lipinski definition) is 1. The summed E-state index contributed by atoms with van der Waals surface area (Å²) in [5.41, 5.74) is 1.51. The fourth-order valence-electron chi connectivity index (χ4n) is 1.32. The predicted molar refractivity (Wildman–Crippen MR) is 50.5 cm³/mol. The Morgan fingerprint density at radius 2 is 2.21 bits per heavy atom. The van der Waals surface area contributed by atoms with E-state index < -0.39 is 0 Å². The molecule has 1 heterocycles. The maximum Gasteiger partial charge on any atom is 0.243 e. The van der Waals surface area contributed by atoms with Crippen LogP contribution in [0.5, 0.6) is 0 Å². The zero-order valence-electron chi connectivity index (χ0n) is 7.81. The fraction of sp³-hybridized carbons (Fsp3) is 0.0909. The number of rotatable bonds is 1. The Hall–Kier alpha value is -2.08. The quantitative estimate of drug-likeness (QED) is 0.479. The number of aryl methyl sites for hydroxylation is 1. The highest BCUT2D eigenvalue weighted by molar-refractivity contribution is 5.48. The van der Waals surface area contributed by atoms with E-state index in [4.69, 9.17) is 5.26 Å². The van der Waals surface area contributed by atoms with Crippen LogP contribution in [0.3, 0.4) is 0 Å². The van der Waals surface area contributed by atoms with Crippen molar-refractivity contribution in [1.29, 1.82) is 5.26 Å². The number of imidazole rings is 1. The molecule has 0 atom stereocenters. The Morgan fingerprint density at radius 3 is 2.86 bits per heavy atom. The number of nitriles is 1. The number of para-hydroxylation sites is 1. The van der Waals surface area contributed by atoms with Gasteiger partial charge >= 0.3 is 0 Å². The Kier molecular flexibility index (Phi) is 2.04. The zero-order valence-corrected chi connectivity index (χ0v) is 7.81. The van der Waals surface area contributed by atoms with Crippen LogP contribution >= 0.6 is 0 Å². The van der Waals surface area contributed by atoms with E-state index in [-0.39, 0.29) is 0 Å². The third kappa shape index (κ3) is 1.38. The molecule has 2 aromatic rings. The molecule has 1 aromatic carbocycles. The fourth-order valence-corrected chi connectivity index (χ4v) is 1.32. The average Bonchev–Trinajstić information content (AvgIpc) is 2.65. The van der Waals surface area contributed by atoms with Crippen molar-refractivity contribution in [2.24, 2.45) is 7.05 Å². The number of aromatic nitrogens is 2. The molecule has 0 saturated heterocycles. The number of benzene rings is 1. The van der Waals surface area contributed by atoms with E-state index >= 15 is 0 Å². The summed E-state index contributed by atoms with van der Waals surface area (Å²) in [5.74, 6) is 0. The maximum absolute atomic E-state index is 8.90. The van der Waals surface area contributed by atoms with Crippen LogP contribution in [-0.2, 0) is 7.05 Å². The molecule has 0 radical (unpaired) electrons. The standard InChI is InChI=1S/C11H9N3/c1-13-6-7-14(9-13)11-5-3-2-4-10(11)8-12/h2-7H,1H3. The van der Waals surface area contributed by atoms with Gasteiger partial charge in [-0.3, -0.25) is 0 Å². The summed E-state index contributed by atoms with van der Waals surface area (Å²) >= 11 is 0. The largest absolute Gasteiger partial charge is 0.325 e. The molecule has 68 valence electrons. The minimum Gasteiger partial charge on any atom is -0.325 e. The predicted octanol–water partition coefficient (Wildman–Crippen LogP) is 0.974. The summed E-state index contributed by atoms with van der Waals surface area (Å²) in [6.07, 6.45) is 6.80. The topological polar surface area (TPSA) is 32.6 Å². The molecular weight excluding hydrogens is 174 g/mol. The van der Waals surface area contributed by atoms with Gasteiger partial charge in [0.25, 0.3) is 0 Å². The van der Waals surface area contributed by atoms with E-state index in [1.165, 1.54) is 0 Å². The van der Waals surface area contributed by atoms with Gasteiger partial charge in [0.15, 0.2) is 0 Å². The Bertz CT molecular complexity index is 491. The van der Waals surface area contributed by atoms with E-state index in [2.05, 4.69) is 12.4 Å². The highest BCUT2D eigenvalue weighted by Crippen LogP contribution is 2.11. The smallest absolute Gasteiger partial charge is 0.243 e. The third-order valence-corrected chi connectivity index (χ3v) is 1.99. The second-order valence-electron chi connectivity index (χ2n) is 3.01. The van der Waals surface area contributed by atoms with Crippen LogP contribution in [0.2, 0.25) is 0 Å². The lowest BCUT2D eigenvalue weighted by Gasteiger charge is -2.03. The van der Waals surface area contributed by atoms with Gasteiger partial charge in [-0.2, -0.15) is 5.26 Å². The van der Waals surface area contributed by atoms with Crippen LogP contribution in [-0.4, -0.2) is 4.57 Å². The van der Waals surface area contributed by atoms with Gasteiger partial charge in [-0.15, -0.1) is 0 Å². The molecule has 14 heavy (non-hydrogen) atoms. The summed E-state index contributed by atoms with van der Waals surface area (Å²) in [7, 11) is 1.89. The second-order valence-corrected chi connectivity index (χ2v) is 3.01. The molecule has 0 unspecified atom stereocenters. The highest BCUT2D eigenvalue weighted by atomic mass is 15.1. The monoisotopic (exact) mass is 183 g/mol. The van der Waals surface area contributed by atoms with E-state index in [0.29, 0.717) is 5.56 Å². The normalized spacial score (nSPS) is 9.71. The molecule has 0 fully saturated rings. The first-order valence-electron chi connectivity index (χ1n) is 4.27. The summed E-state index contributed by atoms with van der Waals surface area (Å²) in [6.45, 7) is 0. The lowest BCUT2D eigenvalue weighted by atomic mass is 10.2. The van der Waals surface area contributed by atoms with Gasteiger partial charge in [-0.05, 0) is 6.07 Å². The van der Waals surface area contributed by atoms with Gasteiger partial charge in [0.05, 0.1) is 24.4 Å². The van der Waals surface area contributed by atoms with Crippen LogP contribution < -0.4 is 4.57 Å². The van der Waals surface area contributed by atoms with Gasteiger partial charge < -0.3 is 9.13 Å². The van der Waals surface area contributed by atoms with Crippen molar-refractivity contribution in [1.82, 2.24) is 4.57 Å². The van der Waals surface area contributed by atoms with Crippen molar-refractivity contribution >= 4 is 0 Å². The van der Waals surface area contributed by atoms with Crippen molar-refractivity contribution in [2.75, 3.05) is 0 Å². The van der Waals surface area contributed by atoms with Crippen molar-refractivity contribution in [3.63, 3.8) is 0 Å². The van der Waals surface area contributed by atoms with Gasteiger partial charge in [-0.25, -0.2) is 0 Å². The Morgan fingerprint density at radius 1 is 1.43 bits per heavy atom. The van der Waals surface area contributed by atoms with E-state index in [1.54, 1.807) is 10.6 Å². The third-order valence-electron chi connectivity index (χ3n) is 1.99. The molecule has 0 bridgehead atoms. The minimum atomic E-state index is 0.653. The minimum absolute atomic E-state index is 0.653. The molecule has 0 N–H and O–H groups in total.